The summed E-state index contributed by atoms with van der Waals surface area (Å²) in [4.78, 5) is 29.0. The SMILES string of the molecule is O=C(C1=C[C@@H](c2coc3ccccc3c2=O)C[C@@H](OCc2ccc(CO)cc2)O1)N1CCOCCOCCOCCOCC1. The Hall–Kier alpha value is -3.58. The van der Waals surface area contributed by atoms with Crippen LogP contribution in [-0.4, -0.2) is 88.1 Å². The topological polar surface area (TPSA) is 126 Å². The lowest BCUT2D eigenvalue weighted by atomic mass is 9.93. The maximum atomic E-state index is 13.9. The molecule has 3 heterocycles. The van der Waals surface area contributed by atoms with E-state index in [1.807, 2.05) is 30.3 Å². The van der Waals surface area contributed by atoms with Gasteiger partial charge in [-0.15, -0.1) is 0 Å². The molecule has 3 aromatic rings. The van der Waals surface area contributed by atoms with Crippen LogP contribution >= 0.6 is 0 Å². The highest BCUT2D eigenvalue weighted by molar-refractivity contribution is 5.92. The number of carbonyl (C=O) groups is 1. The molecule has 0 spiro atoms. The summed E-state index contributed by atoms with van der Waals surface area (Å²) < 4.78 is 40.4. The second kappa shape index (κ2) is 16.5. The van der Waals surface area contributed by atoms with Gasteiger partial charge in [0, 0.05) is 31.0 Å². The minimum atomic E-state index is -0.808. The summed E-state index contributed by atoms with van der Waals surface area (Å²) in [6.45, 7) is 4.01. The fourth-order valence-corrected chi connectivity index (χ4v) is 4.99. The predicted molar refractivity (Wildman–Crippen MR) is 160 cm³/mol. The van der Waals surface area contributed by atoms with E-state index in [-0.39, 0.29) is 30.3 Å². The second-order valence-corrected chi connectivity index (χ2v) is 10.5. The number of ether oxygens (including phenoxy) is 6. The molecule has 1 N–H and O–H groups in total. The van der Waals surface area contributed by atoms with Crippen molar-refractivity contribution in [2.45, 2.75) is 31.8 Å². The number of hydrogen-bond donors (Lipinski definition) is 1. The summed E-state index contributed by atoms with van der Waals surface area (Å²) in [7, 11) is 0. The van der Waals surface area contributed by atoms with E-state index in [0.717, 1.165) is 11.1 Å². The lowest BCUT2D eigenvalue weighted by Gasteiger charge is -2.31. The van der Waals surface area contributed by atoms with Gasteiger partial charge in [-0.2, -0.15) is 0 Å². The van der Waals surface area contributed by atoms with E-state index in [9.17, 15) is 14.7 Å². The fourth-order valence-electron chi connectivity index (χ4n) is 4.99. The van der Waals surface area contributed by atoms with E-state index in [1.54, 1.807) is 29.2 Å². The van der Waals surface area contributed by atoms with Gasteiger partial charge in [0.05, 0.1) is 77.7 Å². The first-order chi connectivity index (χ1) is 21.6. The molecule has 11 heteroatoms. The molecule has 0 radical (unpaired) electrons. The molecule has 1 amide bonds. The smallest absolute Gasteiger partial charge is 0.288 e. The fraction of sp³-hybridized carbons (Fsp3) is 0.455. The summed E-state index contributed by atoms with van der Waals surface area (Å²) in [5, 5.41) is 9.81. The number of aliphatic hydroxyl groups is 1. The number of benzene rings is 2. The summed E-state index contributed by atoms with van der Waals surface area (Å²) in [5.41, 5.74) is 2.41. The molecule has 2 aromatic carbocycles. The Balaban J connectivity index is 1.36. The summed E-state index contributed by atoms with van der Waals surface area (Å²) >= 11 is 0. The van der Waals surface area contributed by atoms with Gasteiger partial charge in [0.15, 0.2) is 11.2 Å². The molecule has 44 heavy (non-hydrogen) atoms. The molecule has 2 atom stereocenters. The van der Waals surface area contributed by atoms with E-state index in [1.165, 1.54) is 6.26 Å². The van der Waals surface area contributed by atoms with Gasteiger partial charge in [-0.05, 0) is 29.3 Å². The maximum Gasteiger partial charge on any atom is 0.288 e. The Labute approximate surface area is 255 Å². The van der Waals surface area contributed by atoms with Gasteiger partial charge in [-0.1, -0.05) is 36.4 Å². The van der Waals surface area contributed by atoms with E-state index in [2.05, 4.69) is 0 Å². The molecule has 11 nitrogen and oxygen atoms in total. The molecule has 0 saturated carbocycles. The van der Waals surface area contributed by atoms with Crippen LogP contribution in [0.4, 0.5) is 0 Å². The first-order valence-electron chi connectivity index (χ1n) is 14.9. The molecule has 0 aliphatic carbocycles. The van der Waals surface area contributed by atoms with Crippen molar-refractivity contribution in [1.82, 2.24) is 4.90 Å². The van der Waals surface area contributed by atoms with Gasteiger partial charge in [0.1, 0.15) is 5.58 Å². The zero-order valence-corrected chi connectivity index (χ0v) is 24.7. The van der Waals surface area contributed by atoms with Crippen LogP contribution in [0.25, 0.3) is 11.0 Å². The second-order valence-electron chi connectivity index (χ2n) is 10.5. The standard InChI is InChI=1S/C33H39NO10/c35-21-24-5-7-25(8-6-24)22-43-31-20-26(28-23-42-29-4-2-1-3-27(29)32(28)36)19-30(44-31)33(37)34-9-11-38-13-15-40-17-18-41-16-14-39-12-10-34/h1-8,19,23,26,31,35H,9-18,20-22H2/t26-,31+/m1/s1. The highest BCUT2D eigenvalue weighted by Gasteiger charge is 2.32. The molecular weight excluding hydrogens is 570 g/mol. The Kier molecular flexibility index (Phi) is 11.9. The van der Waals surface area contributed by atoms with Gasteiger partial charge in [-0.3, -0.25) is 9.59 Å². The average molecular weight is 610 g/mol. The zero-order chi connectivity index (χ0) is 30.6. The van der Waals surface area contributed by atoms with Crippen LogP contribution in [0.2, 0.25) is 0 Å². The quantitative estimate of drug-likeness (QED) is 0.446. The van der Waals surface area contributed by atoms with Gasteiger partial charge >= 0.3 is 0 Å². The zero-order valence-electron chi connectivity index (χ0n) is 24.7. The number of amides is 1. The van der Waals surface area contributed by atoms with Crippen molar-refractivity contribution in [2.24, 2.45) is 0 Å². The molecule has 1 aromatic heterocycles. The lowest BCUT2D eigenvalue weighted by molar-refractivity contribution is -0.157. The largest absolute Gasteiger partial charge is 0.464 e. The number of carbonyl (C=O) groups excluding carboxylic acids is 1. The Morgan fingerprint density at radius 3 is 2.11 bits per heavy atom. The van der Waals surface area contributed by atoms with Gasteiger partial charge in [0.25, 0.3) is 5.91 Å². The van der Waals surface area contributed by atoms with Gasteiger partial charge in [0.2, 0.25) is 6.29 Å². The number of rotatable bonds is 6. The van der Waals surface area contributed by atoms with Crippen molar-refractivity contribution in [2.75, 3.05) is 65.9 Å². The third-order valence-corrected chi connectivity index (χ3v) is 7.43. The molecule has 1 saturated heterocycles. The van der Waals surface area contributed by atoms with Gasteiger partial charge in [-0.25, -0.2) is 0 Å². The molecule has 0 bridgehead atoms. The third-order valence-electron chi connectivity index (χ3n) is 7.43. The summed E-state index contributed by atoms with van der Waals surface area (Å²) in [5.74, 6) is -0.764. The minimum Gasteiger partial charge on any atom is -0.464 e. The van der Waals surface area contributed by atoms with Crippen LogP contribution in [0.1, 0.15) is 29.0 Å². The van der Waals surface area contributed by atoms with Gasteiger partial charge < -0.3 is 42.8 Å². The monoisotopic (exact) mass is 609 g/mol. The number of allylic oxidation sites excluding steroid dienone is 1. The Morgan fingerprint density at radius 1 is 0.841 bits per heavy atom. The van der Waals surface area contributed by atoms with Crippen molar-refractivity contribution in [1.29, 1.82) is 0 Å². The van der Waals surface area contributed by atoms with E-state index < -0.39 is 12.2 Å². The highest BCUT2D eigenvalue weighted by atomic mass is 16.7. The maximum absolute atomic E-state index is 13.9. The van der Waals surface area contributed by atoms with Crippen LogP contribution in [0.15, 0.2) is 75.8 Å². The molecule has 0 unspecified atom stereocenters. The first-order valence-corrected chi connectivity index (χ1v) is 14.9. The van der Waals surface area contributed by atoms with Crippen LogP contribution in [0.3, 0.4) is 0 Å². The number of fused-ring (bicyclic) bond motifs is 1. The van der Waals surface area contributed by atoms with Crippen LogP contribution in [0.5, 0.6) is 0 Å². The normalized spacial score (nSPS) is 21.1. The molecular formula is C33H39NO10. The van der Waals surface area contributed by atoms with Crippen molar-refractivity contribution >= 4 is 16.9 Å². The van der Waals surface area contributed by atoms with Crippen LogP contribution in [-0.2, 0) is 46.4 Å². The highest BCUT2D eigenvalue weighted by Crippen LogP contribution is 2.32. The first kappa shape index (κ1) is 31.8. The van der Waals surface area contributed by atoms with Crippen molar-refractivity contribution < 1.29 is 42.7 Å². The molecule has 5 rings (SSSR count). The number of hydrogen-bond acceptors (Lipinski definition) is 10. The van der Waals surface area contributed by atoms with E-state index >= 15 is 0 Å². The number of nitrogens with zero attached hydrogens (tertiary/aromatic N) is 1. The van der Waals surface area contributed by atoms with E-state index in [4.69, 9.17) is 32.8 Å². The number of aliphatic hydroxyl groups excluding tert-OH is 1. The van der Waals surface area contributed by atoms with Crippen LogP contribution < -0.4 is 5.43 Å². The predicted octanol–water partition coefficient (Wildman–Crippen LogP) is 3.12. The summed E-state index contributed by atoms with van der Waals surface area (Å²) in [6, 6.07) is 14.4. The van der Waals surface area contributed by atoms with Crippen molar-refractivity contribution in [3.8, 4) is 0 Å². The average Bonchev–Trinajstić information content (AvgIpc) is 3.07. The van der Waals surface area contributed by atoms with E-state index in [0.29, 0.717) is 88.9 Å². The lowest BCUT2D eigenvalue weighted by Crippen LogP contribution is -2.40. The molecule has 2 aliphatic rings. The summed E-state index contributed by atoms with van der Waals surface area (Å²) in [6.07, 6.45) is 2.64. The Bertz CT molecular complexity index is 1420. The number of para-hydroxylation sites is 1. The molecule has 236 valence electrons. The Morgan fingerprint density at radius 2 is 1.45 bits per heavy atom. The minimum absolute atomic E-state index is 0.0483. The molecule has 2 aliphatic heterocycles. The third kappa shape index (κ3) is 8.75. The van der Waals surface area contributed by atoms with Crippen molar-refractivity contribution in [3.05, 3.63) is 93.5 Å². The van der Waals surface area contributed by atoms with Crippen LogP contribution in [0, 0.1) is 0 Å². The van der Waals surface area contributed by atoms with Crippen molar-refractivity contribution in [3.63, 3.8) is 0 Å². The molecule has 1 fully saturated rings.